The third kappa shape index (κ3) is 4.62. The van der Waals surface area contributed by atoms with Crippen molar-refractivity contribution in [2.75, 3.05) is 5.32 Å². The van der Waals surface area contributed by atoms with Crippen LogP contribution < -0.4 is 5.32 Å². The summed E-state index contributed by atoms with van der Waals surface area (Å²) in [6, 6.07) is 9.92. The van der Waals surface area contributed by atoms with Gasteiger partial charge >= 0.3 is 0 Å². The molecule has 0 saturated heterocycles. The number of aromatic hydroxyl groups is 1. The van der Waals surface area contributed by atoms with Gasteiger partial charge in [-0.05, 0) is 72.2 Å². The normalized spacial score (nSPS) is 11.2. The predicted octanol–water partition coefficient (Wildman–Crippen LogP) is 5.32. The molecule has 0 aromatic heterocycles. The Labute approximate surface area is 151 Å². The Morgan fingerprint density at radius 1 is 1.04 bits per heavy atom. The van der Waals surface area contributed by atoms with Crippen LogP contribution in [0.15, 0.2) is 30.3 Å². The van der Waals surface area contributed by atoms with Crippen LogP contribution in [0.4, 0.5) is 5.69 Å². The molecule has 134 valence electrons. The van der Waals surface area contributed by atoms with Crippen molar-refractivity contribution in [2.24, 2.45) is 5.92 Å². The molecule has 0 aliphatic rings. The van der Waals surface area contributed by atoms with Crippen molar-refractivity contribution in [1.29, 1.82) is 0 Å². The Morgan fingerprint density at radius 3 is 2.16 bits per heavy atom. The van der Waals surface area contributed by atoms with Crippen LogP contribution in [0.3, 0.4) is 0 Å². The highest BCUT2D eigenvalue weighted by Crippen LogP contribution is 2.29. The van der Waals surface area contributed by atoms with Crippen molar-refractivity contribution in [3.63, 3.8) is 0 Å². The van der Waals surface area contributed by atoms with E-state index in [0.717, 1.165) is 17.7 Å². The fourth-order valence-electron chi connectivity index (χ4n) is 3.01. The molecule has 0 aliphatic heterocycles. The first-order chi connectivity index (χ1) is 11.7. The van der Waals surface area contributed by atoms with E-state index < -0.39 is 0 Å². The van der Waals surface area contributed by atoms with Gasteiger partial charge in [0.25, 0.3) is 0 Å². The van der Waals surface area contributed by atoms with Crippen LogP contribution in [0.25, 0.3) is 0 Å². The van der Waals surface area contributed by atoms with Gasteiger partial charge in [0.05, 0.1) is 0 Å². The Hall–Kier alpha value is -2.29. The van der Waals surface area contributed by atoms with Gasteiger partial charge in [-0.1, -0.05) is 39.8 Å². The van der Waals surface area contributed by atoms with E-state index in [4.69, 9.17) is 0 Å². The topological polar surface area (TPSA) is 49.3 Å². The van der Waals surface area contributed by atoms with Crippen molar-refractivity contribution in [3.05, 3.63) is 58.1 Å². The van der Waals surface area contributed by atoms with Crippen molar-refractivity contribution in [2.45, 2.75) is 53.9 Å². The second-order valence-corrected chi connectivity index (χ2v) is 7.46. The van der Waals surface area contributed by atoms with Crippen LogP contribution in [-0.4, -0.2) is 11.0 Å². The molecule has 0 saturated carbocycles. The summed E-state index contributed by atoms with van der Waals surface area (Å²) < 4.78 is 0. The van der Waals surface area contributed by atoms with E-state index in [1.807, 2.05) is 32.0 Å². The second-order valence-electron chi connectivity index (χ2n) is 7.46. The van der Waals surface area contributed by atoms with E-state index in [9.17, 15) is 9.90 Å². The van der Waals surface area contributed by atoms with Crippen molar-refractivity contribution in [1.82, 2.24) is 0 Å². The number of hydrogen-bond donors (Lipinski definition) is 2. The monoisotopic (exact) mass is 339 g/mol. The van der Waals surface area contributed by atoms with Gasteiger partial charge < -0.3 is 10.4 Å². The predicted molar refractivity (Wildman–Crippen MR) is 104 cm³/mol. The second kappa shape index (κ2) is 7.73. The van der Waals surface area contributed by atoms with Gasteiger partial charge in [0.1, 0.15) is 5.75 Å². The summed E-state index contributed by atoms with van der Waals surface area (Å²) in [5.41, 5.74) is 6.62. The standard InChI is InChI=1S/C22H29NO2/c1-13(2)19-11-17(7-8-21(19)24)12-20-15(5)9-18(10-16(20)6)23-22(25)14(3)4/h7-11,13-14,24H,12H2,1-6H3,(H,23,25). The molecule has 3 heteroatoms. The molecule has 1 amide bonds. The fraction of sp³-hybridized carbons (Fsp3) is 0.409. The number of phenols is 1. The Kier molecular flexibility index (Phi) is 5.89. The summed E-state index contributed by atoms with van der Waals surface area (Å²) in [4.78, 5) is 11.9. The van der Waals surface area contributed by atoms with E-state index in [1.165, 1.54) is 22.3 Å². The SMILES string of the molecule is Cc1cc(NC(=O)C(C)C)cc(C)c1Cc1ccc(O)c(C(C)C)c1. The van der Waals surface area contributed by atoms with Crippen molar-refractivity contribution in [3.8, 4) is 5.75 Å². The minimum Gasteiger partial charge on any atom is -0.508 e. The lowest BCUT2D eigenvalue weighted by Crippen LogP contribution is -2.18. The minimum atomic E-state index is -0.0354. The number of phenolic OH excluding ortho intramolecular Hbond substituents is 1. The average Bonchev–Trinajstić information content (AvgIpc) is 2.52. The molecule has 0 bridgehead atoms. The zero-order valence-corrected chi connectivity index (χ0v) is 16.1. The number of nitrogens with one attached hydrogen (secondary N) is 1. The van der Waals surface area contributed by atoms with Crippen LogP contribution in [0.5, 0.6) is 5.75 Å². The Balaban J connectivity index is 2.29. The minimum absolute atomic E-state index is 0.0339. The quantitative estimate of drug-likeness (QED) is 0.775. The lowest BCUT2D eigenvalue weighted by molar-refractivity contribution is -0.118. The number of rotatable bonds is 5. The number of carbonyl (C=O) groups excluding carboxylic acids is 1. The van der Waals surface area contributed by atoms with Gasteiger partial charge in [-0.3, -0.25) is 4.79 Å². The van der Waals surface area contributed by atoms with Crippen LogP contribution in [-0.2, 0) is 11.2 Å². The first-order valence-corrected chi connectivity index (χ1v) is 8.91. The van der Waals surface area contributed by atoms with E-state index in [1.54, 1.807) is 6.07 Å². The smallest absolute Gasteiger partial charge is 0.226 e. The van der Waals surface area contributed by atoms with Gasteiger partial charge in [0, 0.05) is 11.6 Å². The van der Waals surface area contributed by atoms with Gasteiger partial charge in [-0.25, -0.2) is 0 Å². The Morgan fingerprint density at radius 2 is 1.64 bits per heavy atom. The van der Waals surface area contributed by atoms with Crippen LogP contribution in [0.1, 0.15) is 61.4 Å². The van der Waals surface area contributed by atoms with Crippen LogP contribution in [0.2, 0.25) is 0 Å². The maximum absolute atomic E-state index is 11.9. The third-order valence-electron chi connectivity index (χ3n) is 4.58. The van der Waals surface area contributed by atoms with E-state index in [-0.39, 0.29) is 17.7 Å². The molecule has 0 fully saturated rings. The van der Waals surface area contributed by atoms with E-state index >= 15 is 0 Å². The van der Waals surface area contributed by atoms with Gasteiger partial charge in [0.2, 0.25) is 5.91 Å². The van der Waals surface area contributed by atoms with Gasteiger partial charge in [-0.15, -0.1) is 0 Å². The number of benzene rings is 2. The lowest BCUT2D eigenvalue weighted by atomic mass is 9.92. The highest BCUT2D eigenvalue weighted by atomic mass is 16.3. The Bertz CT molecular complexity index is 753. The molecule has 0 unspecified atom stereocenters. The zero-order valence-electron chi connectivity index (χ0n) is 16.1. The van der Waals surface area contributed by atoms with Crippen LogP contribution >= 0.6 is 0 Å². The third-order valence-corrected chi connectivity index (χ3v) is 4.58. The number of anilines is 1. The molecule has 0 spiro atoms. The molecule has 2 aromatic carbocycles. The molecular weight excluding hydrogens is 310 g/mol. The lowest BCUT2D eigenvalue weighted by Gasteiger charge is -2.16. The zero-order chi connectivity index (χ0) is 18.7. The summed E-state index contributed by atoms with van der Waals surface area (Å²) in [6.45, 7) is 12.1. The van der Waals surface area contributed by atoms with E-state index in [0.29, 0.717) is 5.75 Å². The molecule has 0 heterocycles. The van der Waals surface area contributed by atoms with Crippen molar-refractivity contribution < 1.29 is 9.90 Å². The maximum atomic E-state index is 11.9. The molecule has 3 nitrogen and oxygen atoms in total. The molecule has 0 radical (unpaired) electrons. The summed E-state index contributed by atoms with van der Waals surface area (Å²) in [5, 5.41) is 13.0. The molecule has 2 rings (SSSR count). The molecule has 0 atom stereocenters. The highest BCUT2D eigenvalue weighted by Gasteiger charge is 2.12. The van der Waals surface area contributed by atoms with Crippen molar-refractivity contribution >= 4 is 11.6 Å². The largest absolute Gasteiger partial charge is 0.508 e. The van der Waals surface area contributed by atoms with Gasteiger partial charge in [-0.2, -0.15) is 0 Å². The highest BCUT2D eigenvalue weighted by molar-refractivity contribution is 5.92. The first-order valence-electron chi connectivity index (χ1n) is 8.91. The summed E-state index contributed by atoms with van der Waals surface area (Å²) in [7, 11) is 0. The van der Waals surface area contributed by atoms with Gasteiger partial charge in [0.15, 0.2) is 0 Å². The van der Waals surface area contributed by atoms with E-state index in [2.05, 4.69) is 39.1 Å². The summed E-state index contributed by atoms with van der Waals surface area (Å²) in [5.74, 6) is 0.646. The fourth-order valence-corrected chi connectivity index (χ4v) is 3.01. The maximum Gasteiger partial charge on any atom is 0.226 e. The summed E-state index contributed by atoms with van der Waals surface area (Å²) in [6.07, 6.45) is 0.816. The number of carbonyl (C=O) groups is 1. The molecule has 2 aromatic rings. The molecular formula is C22H29NO2. The molecule has 0 aliphatic carbocycles. The number of aryl methyl sites for hydroxylation is 2. The summed E-state index contributed by atoms with van der Waals surface area (Å²) >= 11 is 0. The molecule has 25 heavy (non-hydrogen) atoms. The molecule has 2 N–H and O–H groups in total. The van der Waals surface area contributed by atoms with Crippen LogP contribution in [0, 0.1) is 19.8 Å². The number of amides is 1. The first kappa shape index (κ1) is 19.0. The number of hydrogen-bond acceptors (Lipinski definition) is 2. The average molecular weight is 339 g/mol.